The van der Waals surface area contributed by atoms with Gasteiger partial charge in [0.1, 0.15) is 5.75 Å². The molecule has 15 heavy (non-hydrogen) atoms. The van der Waals surface area contributed by atoms with E-state index in [0.29, 0.717) is 5.75 Å². The van der Waals surface area contributed by atoms with Crippen LogP contribution >= 0.6 is 11.6 Å². The third kappa shape index (κ3) is 2.30. The fraction of sp³-hybridized carbons (Fsp3) is 0.222. The van der Waals surface area contributed by atoms with E-state index in [4.69, 9.17) is 16.3 Å². The molecule has 0 fully saturated rings. The van der Waals surface area contributed by atoms with Crippen molar-refractivity contribution in [3.63, 3.8) is 0 Å². The number of ether oxygens (including phenoxy) is 1. The largest absolute Gasteiger partial charge is 0.495 e. The van der Waals surface area contributed by atoms with Crippen molar-refractivity contribution in [2.45, 2.75) is 11.8 Å². The van der Waals surface area contributed by atoms with Gasteiger partial charge in [-0.2, -0.15) is 0 Å². The van der Waals surface area contributed by atoms with Gasteiger partial charge in [0.2, 0.25) is 15.0 Å². The molecule has 4 nitrogen and oxygen atoms in total. The smallest absolute Gasteiger partial charge is 0.248 e. The van der Waals surface area contributed by atoms with Gasteiger partial charge in [-0.15, -0.1) is 0 Å². The predicted molar refractivity (Wildman–Crippen MR) is 55.9 cm³/mol. The molecule has 0 atom stereocenters. The maximum Gasteiger partial charge on any atom is 0.248 e. The van der Waals surface area contributed by atoms with E-state index in [1.165, 1.54) is 25.3 Å². The summed E-state index contributed by atoms with van der Waals surface area (Å²) >= 11 is 5.74. The van der Waals surface area contributed by atoms with Gasteiger partial charge >= 0.3 is 0 Å². The Kier molecular flexibility index (Phi) is 3.36. The average Bonchev–Trinajstić information content (AvgIpc) is 2.17. The standard InChI is InChI=1S/C9H9ClO4S/c1-6(11)15(12,13)7-3-4-9(14-2)8(10)5-7/h3-5H,1-2H3. The Bertz CT molecular complexity index is 493. The Balaban J connectivity index is 3.31. The maximum absolute atomic E-state index is 11.4. The van der Waals surface area contributed by atoms with E-state index in [0.717, 1.165) is 6.92 Å². The second kappa shape index (κ2) is 4.20. The highest BCUT2D eigenvalue weighted by Crippen LogP contribution is 2.27. The number of methoxy groups -OCH3 is 1. The molecule has 82 valence electrons. The second-order valence-electron chi connectivity index (χ2n) is 2.79. The highest BCUT2D eigenvalue weighted by molar-refractivity contribution is 8.06. The molecular weight excluding hydrogens is 240 g/mol. The van der Waals surface area contributed by atoms with Crippen LogP contribution in [0, 0.1) is 0 Å². The van der Waals surface area contributed by atoms with Crippen LogP contribution in [0.15, 0.2) is 23.1 Å². The average molecular weight is 249 g/mol. The highest BCUT2D eigenvalue weighted by atomic mass is 35.5. The van der Waals surface area contributed by atoms with Gasteiger partial charge in [-0.05, 0) is 18.2 Å². The van der Waals surface area contributed by atoms with Gasteiger partial charge in [0, 0.05) is 6.92 Å². The molecule has 0 spiro atoms. The molecule has 0 aliphatic heterocycles. The van der Waals surface area contributed by atoms with Crippen LogP contribution in [0.5, 0.6) is 5.75 Å². The molecule has 0 aliphatic carbocycles. The Hall–Kier alpha value is -1.07. The molecule has 0 heterocycles. The van der Waals surface area contributed by atoms with Crippen molar-refractivity contribution >= 4 is 26.6 Å². The molecule has 0 unspecified atom stereocenters. The molecule has 6 heteroatoms. The SMILES string of the molecule is COc1ccc(S(=O)(=O)C(C)=O)cc1Cl. The first-order chi connectivity index (χ1) is 6.89. The van der Waals surface area contributed by atoms with E-state index in [2.05, 4.69) is 0 Å². The molecule has 0 aliphatic rings. The zero-order chi connectivity index (χ0) is 11.6. The Labute approximate surface area is 92.7 Å². The van der Waals surface area contributed by atoms with Crippen molar-refractivity contribution in [3.8, 4) is 5.75 Å². The third-order valence-electron chi connectivity index (χ3n) is 1.81. The Morgan fingerprint density at radius 2 is 2.00 bits per heavy atom. The summed E-state index contributed by atoms with van der Waals surface area (Å²) in [5, 5.41) is -0.761. The monoisotopic (exact) mass is 248 g/mol. The molecule has 0 amide bonds. The van der Waals surface area contributed by atoms with Crippen molar-refractivity contribution in [1.82, 2.24) is 0 Å². The van der Waals surface area contributed by atoms with Crippen LogP contribution in [0.4, 0.5) is 0 Å². The normalized spacial score (nSPS) is 11.1. The number of rotatable bonds is 2. The fourth-order valence-corrected chi connectivity index (χ4v) is 2.15. The molecule has 0 saturated carbocycles. The van der Waals surface area contributed by atoms with Crippen LogP contribution in [0.3, 0.4) is 0 Å². The van der Waals surface area contributed by atoms with Crippen molar-refractivity contribution in [2.24, 2.45) is 0 Å². The Morgan fingerprint density at radius 3 is 2.40 bits per heavy atom. The predicted octanol–water partition coefficient (Wildman–Crippen LogP) is 1.67. The number of hydrogen-bond acceptors (Lipinski definition) is 4. The Morgan fingerprint density at radius 1 is 1.40 bits per heavy atom. The summed E-state index contributed by atoms with van der Waals surface area (Å²) in [5.74, 6) is 0.360. The van der Waals surface area contributed by atoms with Gasteiger partial charge in [0.05, 0.1) is 17.0 Å². The van der Waals surface area contributed by atoms with Gasteiger partial charge in [0.15, 0.2) is 0 Å². The molecule has 0 bridgehead atoms. The summed E-state index contributed by atoms with van der Waals surface area (Å²) in [7, 11) is -2.49. The van der Waals surface area contributed by atoms with Gasteiger partial charge in [-0.1, -0.05) is 11.6 Å². The summed E-state index contributed by atoms with van der Waals surface area (Å²) < 4.78 is 27.7. The van der Waals surface area contributed by atoms with E-state index in [-0.39, 0.29) is 9.92 Å². The maximum atomic E-state index is 11.4. The zero-order valence-electron chi connectivity index (χ0n) is 8.15. The van der Waals surface area contributed by atoms with Crippen molar-refractivity contribution < 1.29 is 17.9 Å². The molecular formula is C9H9ClO4S. The van der Waals surface area contributed by atoms with Crippen LogP contribution in [-0.4, -0.2) is 20.6 Å². The van der Waals surface area contributed by atoms with Crippen molar-refractivity contribution in [1.29, 1.82) is 0 Å². The van der Waals surface area contributed by atoms with E-state index in [9.17, 15) is 13.2 Å². The van der Waals surface area contributed by atoms with Crippen LogP contribution in [0.25, 0.3) is 0 Å². The van der Waals surface area contributed by atoms with Gasteiger partial charge < -0.3 is 4.74 Å². The molecule has 0 aromatic heterocycles. The fourth-order valence-electron chi connectivity index (χ4n) is 0.980. The van der Waals surface area contributed by atoms with Crippen LogP contribution in [-0.2, 0) is 14.6 Å². The van der Waals surface area contributed by atoms with Gasteiger partial charge in [0.25, 0.3) is 0 Å². The number of hydrogen-bond donors (Lipinski definition) is 0. The van der Waals surface area contributed by atoms with Crippen molar-refractivity contribution in [3.05, 3.63) is 23.2 Å². The first-order valence-electron chi connectivity index (χ1n) is 3.99. The second-order valence-corrected chi connectivity index (χ2v) is 5.25. The number of carbonyl (C=O) groups excluding carboxylic acids is 1. The summed E-state index contributed by atoms with van der Waals surface area (Å²) in [6.45, 7) is 0.994. The van der Waals surface area contributed by atoms with Crippen LogP contribution < -0.4 is 4.74 Å². The number of benzene rings is 1. The van der Waals surface area contributed by atoms with E-state index < -0.39 is 15.0 Å². The summed E-state index contributed by atoms with van der Waals surface area (Å²) in [5.41, 5.74) is 0. The highest BCUT2D eigenvalue weighted by Gasteiger charge is 2.21. The van der Waals surface area contributed by atoms with Gasteiger partial charge in [-0.25, -0.2) is 8.42 Å². The molecule has 1 aromatic rings. The lowest BCUT2D eigenvalue weighted by atomic mass is 10.3. The summed E-state index contributed by atoms with van der Waals surface area (Å²) in [6.07, 6.45) is 0. The van der Waals surface area contributed by atoms with Crippen molar-refractivity contribution in [2.75, 3.05) is 7.11 Å². The van der Waals surface area contributed by atoms with Gasteiger partial charge in [-0.3, -0.25) is 4.79 Å². The minimum Gasteiger partial charge on any atom is -0.495 e. The first kappa shape index (κ1) is 12.0. The van der Waals surface area contributed by atoms with E-state index in [1.807, 2.05) is 0 Å². The zero-order valence-corrected chi connectivity index (χ0v) is 9.72. The number of sulfone groups is 1. The number of carbonyl (C=O) groups is 1. The quantitative estimate of drug-likeness (QED) is 0.799. The summed E-state index contributed by atoms with van der Waals surface area (Å²) in [4.78, 5) is 10.7. The molecule has 0 N–H and O–H groups in total. The molecule has 0 saturated heterocycles. The minimum atomic E-state index is -3.90. The molecule has 0 radical (unpaired) electrons. The topological polar surface area (TPSA) is 60.4 Å². The van der Waals surface area contributed by atoms with Crippen LogP contribution in [0.2, 0.25) is 5.02 Å². The van der Waals surface area contributed by atoms with E-state index in [1.54, 1.807) is 0 Å². The molecule has 1 aromatic carbocycles. The van der Waals surface area contributed by atoms with Crippen LogP contribution in [0.1, 0.15) is 6.92 Å². The first-order valence-corrected chi connectivity index (χ1v) is 5.85. The van der Waals surface area contributed by atoms with E-state index >= 15 is 0 Å². The lowest BCUT2D eigenvalue weighted by Gasteiger charge is -2.04. The number of halogens is 1. The third-order valence-corrected chi connectivity index (χ3v) is 3.74. The summed E-state index contributed by atoms with van der Waals surface area (Å²) in [6, 6.07) is 3.87. The molecule has 1 rings (SSSR count). The minimum absolute atomic E-state index is 0.124. The lowest BCUT2D eigenvalue weighted by molar-refractivity contribution is -0.109. The lowest BCUT2D eigenvalue weighted by Crippen LogP contribution is -2.10.